The molecule has 5 nitrogen and oxygen atoms in total. The van der Waals surface area contributed by atoms with Crippen molar-refractivity contribution in [2.75, 3.05) is 11.9 Å². The van der Waals surface area contributed by atoms with Crippen molar-refractivity contribution in [3.63, 3.8) is 0 Å². The summed E-state index contributed by atoms with van der Waals surface area (Å²) in [6.07, 6.45) is 1.34. The molecule has 1 atom stereocenters. The molecular formula is C17H25NO4. The number of hydrogen-bond acceptors (Lipinski definition) is 3. The predicted molar refractivity (Wildman–Crippen MR) is 85.9 cm³/mol. The second-order valence-electron chi connectivity index (χ2n) is 5.88. The van der Waals surface area contributed by atoms with Gasteiger partial charge in [0, 0.05) is 5.69 Å². The molecule has 1 aromatic carbocycles. The minimum atomic E-state index is -0.893. The van der Waals surface area contributed by atoms with E-state index in [0.29, 0.717) is 23.8 Å². The Labute approximate surface area is 131 Å². The average molecular weight is 307 g/mol. The Balaban J connectivity index is 2.37. The Kier molecular flexibility index (Phi) is 7.60. The predicted octanol–water partition coefficient (Wildman–Crippen LogP) is 3.09. The zero-order chi connectivity index (χ0) is 16.5. The number of hydrogen-bond donors (Lipinski definition) is 2. The molecule has 0 radical (unpaired) electrons. The summed E-state index contributed by atoms with van der Waals surface area (Å²) < 4.78 is 5.60. The number of nitrogens with one attached hydrogen (secondary N) is 1. The molecule has 1 amide bonds. The van der Waals surface area contributed by atoms with Crippen LogP contribution in [0.15, 0.2) is 24.3 Å². The first-order valence-electron chi connectivity index (χ1n) is 7.59. The van der Waals surface area contributed by atoms with E-state index >= 15 is 0 Å². The van der Waals surface area contributed by atoms with Gasteiger partial charge in [0.15, 0.2) is 0 Å². The number of carboxylic acids is 1. The van der Waals surface area contributed by atoms with E-state index in [9.17, 15) is 9.59 Å². The lowest BCUT2D eigenvalue weighted by Gasteiger charge is -2.15. The molecule has 1 unspecified atom stereocenters. The summed E-state index contributed by atoms with van der Waals surface area (Å²) in [5, 5.41) is 11.5. The minimum Gasteiger partial charge on any atom is -0.481 e. The highest BCUT2D eigenvalue weighted by Crippen LogP contribution is 2.12. The second kappa shape index (κ2) is 9.20. The van der Waals surface area contributed by atoms with Gasteiger partial charge in [0.25, 0.3) is 0 Å². The lowest BCUT2D eigenvalue weighted by atomic mass is 10.1. The summed E-state index contributed by atoms with van der Waals surface area (Å²) in [6, 6.07) is 6.87. The van der Waals surface area contributed by atoms with Gasteiger partial charge in [-0.1, -0.05) is 26.0 Å². The van der Waals surface area contributed by atoms with Crippen molar-refractivity contribution in [3.05, 3.63) is 29.8 Å². The Morgan fingerprint density at radius 3 is 2.64 bits per heavy atom. The van der Waals surface area contributed by atoms with Gasteiger partial charge in [-0.05, 0) is 37.0 Å². The van der Waals surface area contributed by atoms with Gasteiger partial charge in [-0.3, -0.25) is 9.59 Å². The number of amides is 1. The number of rotatable bonds is 9. The fraction of sp³-hybridized carbons (Fsp3) is 0.529. The van der Waals surface area contributed by atoms with Gasteiger partial charge in [0.1, 0.15) is 0 Å². The molecule has 1 rings (SSSR count). The summed E-state index contributed by atoms with van der Waals surface area (Å²) in [5.41, 5.74) is 1.27. The third-order valence-electron chi connectivity index (χ3n) is 3.10. The Morgan fingerprint density at radius 2 is 2.00 bits per heavy atom. The molecule has 0 spiro atoms. The monoisotopic (exact) mass is 307 g/mol. The molecule has 0 heterocycles. The molecule has 0 saturated heterocycles. The number of carbonyl (C=O) groups is 2. The van der Waals surface area contributed by atoms with Crippen LogP contribution in [0.25, 0.3) is 0 Å². The quantitative estimate of drug-likeness (QED) is 0.735. The van der Waals surface area contributed by atoms with Crippen LogP contribution in [0.4, 0.5) is 5.69 Å². The first-order valence-corrected chi connectivity index (χ1v) is 7.59. The fourth-order valence-electron chi connectivity index (χ4n) is 2.24. The van der Waals surface area contributed by atoms with Crippen LogP contribution in [0.5, 0.6) is 0 Å². The highest BCUT2D eigenvalue weighted by Gasteiger charge is 2.08. The van der Waals surface area contributed by atoms with Crippen molar-refractivity contribution in [3.8, 4) is 0 Å². The molecule has 1 aromatic rings. The van der Waals surface area contributed by atoms with Crippen molar-refractivity contribution >= 4 is 17.6 Å². The average Bonchev–Trinajstić information content (AvgIpc) is 2.37. The van der Waals surface area contributed by atoms with Crippen molar-refractivity contribution in [2.24, 2.45) is 5.92 Å². The maximum absolute atomic E-state index is 11.8. The number of ether oxygens (including phenoxy) is 1. The Bertz CT molecular complexity index is 499. The third-order valence-corrected chi connectivity index (χ3v) is 3.10. The van der Waals surface area contributed by atoms with Crippen LogP contribution in [0, 0.1) is 5.92 Å². The van der Waals surface area contributed by atoms with Gasteiger partial charge >= 0.3 is 5.97 Å². The van der Waals surface area contributed by atoms with Crippen LogP contribution in [0.2, 0.25) is 0 Å². The Morgan fingerprint density at radius 1 is 1.27 bits per heavy atom. The normalized spacial score (nSPS) is 12.2. The topological polar surface area (TPSA) is 75.6 Å². The molecule has 22 heavy (non-hydrogen) atoms. The first kappa shape index (κ1) is 18.2. The van der Waals surface area contributed by atoms with Crippen LogP contribution in [0.3, 0.4) is 0 Å². The van der Waals surface area contributed by atoms with Gasteiger partial charge in [-0.15, -0.1) is 0 Å². The molecule has 0 bridgehead atoms. The third kappa shape index (κ3) is 7.78. The molecule has 0 saturated carbocycles. The summed E-state index contributed by atoms with van der Waals surface area (Å²) in [4.78, 5) is 22.5. The molecule has 0 fully saturated rings. The van der Waals surface area contributed by atoms with Crippen molar-refractivity contribution < 1.29 is 19.4 Å². The lowest BCUT2D eigenvalue weighted by Crippen LogP contribution is -2.18. The van der Waals surface area contributed by atoms with Gasteiger partial charge in [0.05, 0.1) is 25.6 Å². The van der Waals surface area contributed by atoms with Gasteiger partial charge in [-0.25, -0.2) is 0 Å². The van der Waals surface area contributed by atoms with Crippen LogP contribution in [-0.2, 0) is 20.7 Å². The molecule has 2 N–H and O–H groups in total. The van der Waals surface area contributed by atoms with Crippen LogP contribution in [0.1, 0.15) is 39.2 Å². The Hall–Kier alpha value is -1.88. The number of carbonyl (C=O) groups excluding carboxylic acids is 1. The molecule has 0 aliphatic heterocycles. The van der Waals surface area contributed by atoms with Crippen molar-refractivity contribution in [2.45, 2.75) is 46.1 Å². The summed E-state index contributed by atoms with van der Waals surface area (Å²) in [5.74, 6) is -0.457. The van der Waals surface area contributed by atoms with E-state index < -0.39 is 5.97 Å². The smallest absolute Gasteiger partial charge is 0.307 e. The van der Waals surface area contributed by atoms with Crippen LogP contribution >= 0.6 is 0 Å². The van der Waals surface area contributed by atoms with Gasteiger partial charge < -0.3 is 15.2 Å². The van der Waals surface area contributed by atoms with E-state index in [4.69, 9.17) is 9.84 Å². The largest absolute Gasteiger partial charge is 0.481 e. The highest BCUT2D eigenvalue weighted by atomic mass is 16.5. The zero-order valence-corrected chi connectivity index (χ0v) is 13.5. The van der Waals surface area contributed by atoms with Crippen molar-refractivity contribution in [1.82, 2.24) is 0 Å². The van der Waals surface area contributed by atoms with Crippen LogP contribution < -0.4 is 5.32 Å². The molecule has 0 aliphatic rings. The maximum Gasteiger partial charge on any atom is 0.307 e. The van der Waals surface area contributed by atoms with Crippen LogP contribution in [-0.4, -0.2) is 29.7 Å². The zero-order valence-electron chi connectivity index (χ0n) is 13.5. The maximum atomic E-state index is 11.8. The number of anilines is 1. The standard InChI is InChI=1S/C17H25NO4/c1-12(2)9-13(3)22-8-7-16(19)18-15-6-4-5-14(10-15)11-17(20)21/h4-6,10,12-13H,7-9,11H2,1-3H3,(H,18,19)(H,20,21). The fourth-order valence-corrected chi connectivity index (χ4v) is 2.24. The molecule has 0 aliphatic carbocycles. The minimum absolute atomic E-state index is 0.0560. The van der Waals surface area contributed by atoms with E-state index in [1.807, 2.05) is 6.92 Å². The molecule has 0 aromatic heterocycles. The van der Waals surface area contributed by atoms with Gasteiger partial charge in [0.2, 0.25) is 5.91 Å². The number of benzene rings is 1. The number of aliphatic carboxylic acids is 1. The summed E-state index contributed by atoms with van der Waals surface area (Å²) in [6.45, 7) is 6.66. The number of carboxylic acid groups (broad SMARTS) is 1. The van der Waals surface area contributed by atoms with E-state index in [1.54, 1.807) is 24.3 Å². The van der Waals surface area contributed by atoms with E-state index in [0.717, 1.165) is 6.42 Å². The SMILES string of the molecule is CC(C)CC(C)OCCC(=O)Nc1cccc(CC(=O)O)c1. The lowest BCUT2D eigenvalue weighted by molar-refractivity contribution is -0.136. The first-order chi connectivity index (χ1) is 10.4. The summed E-state index contributed by atoms with van der Waals surface area (Å²) in [7, 11) is 0. The summed E-state index contributed by atoms with van der Waals surface area (Å²) >= 11 is 0. The molecular weight excluding hydrogens is 282 g/mol. The highest BCUT2D eigenvalue weighted by molar-refractivity contribution is 5.90. The van der Waals surface area contributed by atoms with E-state index in [2.05, 4.69) is 19.2 Å². The van der Waals surface area contributed by atoms with E-state index in [-0.39, 0.29) is 24.9 Å². The van der Waals surface area contributed by atoms with Crippen molar-refractivity contribution in [1.29, 1.82) is 0 Å². The molecule has 5 heteroatoms. The molecule has 122 valence electrons. The van der Waals surface area contributed by atoms with Gasteiger partial charge in [-0.2, -0.15) is 0 Å². The second-order valence-corrected chi connectivity index (χ2v) is 5.88. The van der Waals surface area contributed by atoms with E-state index in [1.165, 1.54) is 0 Å².